The Kier molecular flexibility index (Phi) is 4.18. The molecule has 0 unspecified atom stereocenters. The Balaban J connectivity index is 1.96. The van der Waals surface area contributed by atoms with Crippen molar-refractivity contribution in [3.05, 3.63) is 18.2 Å². The van der Waals surface area contributed by atoms with Gasteiger partial charge in [0.15, 0.2) is 0 Å². The fourth-order valence-corrected chi connectivity index (χ4v) is 2.19. The molecular formula is C15H24N4O2. The molecule has 1 aliphatic rings. The Morgan fingerprint density at radius 1 is 1.29 bits per heavy atom. The molecule has 0 radical (unpaired) electrons. The van der Waals surface area contributed by atoms with E-state index in [0.717, 1.165) is 18.7 Å². The molecule has 1 fully saturated rings. The molecule has 1 aromatic heterocycles. The van der Waals surface area contributed by atoms with E-state index in [1.54, 1.807) is 12.4 Å². The van der Waals surface area contributed by atoms with Gasteiger partial charge in [0.25, 0.3) is 0 Å². The lowest BCUT2D eigenvalue weighted by Gasteiger charge is -2.28. The molecular weight excluding hydrogens is 268 g/mol. The molecule has 0 aromatic carbocycles. The van der Waals surface area contributed by atoms with Crippen LogP contribution in [0.1, 0.15) is 46.4 Å². The number of nitrogens with one attached hydrogen (secondary N) is 2. The third kappa shape index (κ3) is 3.91. The van der Waals surface area contributed by atoms with E-state index in [2.05, 4.69) is 20.6 Å². The number of aromatic nitrogens is 2. The van der Waals surface area contributed by atoms with Gasteiger partial charge in [-0.1, -0.05) is 20.8 Å². The number of aliphatic hydroxyl groups excluding tert-OH is 1. The first kappa shape index (κ1) is 15.7. The van der Waals surface area contributed by atoms with Gasteiger partial charge in [-0.15, -0.1) is 0 Å². The van der Waals surface area contributed by atoms with Crippen LogP contribution in [-0.4, -0.2) is 33.3 Å². The second-order valence-corrected chi connectivity index (χ2v) is 6.97. The van der Waals surface area contributed by atoms with Crippen molar-refractivity contribution in [3.63, 3.8) is 0 Å². The highest BCUT2D eigenvalue weighted by Gasteiger charge is 2.42. The van der Waals surface area contributed by atoms with E-state index in [1.807, 2.05) is 27.7 Å². The molecule has 1 atom stereocenters. The van der Waals surface area contributed by atoms with Crippen molar-refractivity contribution in [2.75, 3.05) is 11.9 Å². The number of amides is 2. The number of rotatable bonds is 4. The van der Waals surface area contributed by atoms with E-state index < -0.39 is 5.54 Å². The standard InChI is InChI=1S/C15H24N4O2/c1-14(2,3)12-16-7-11(8-17-12)18-13(21)19-15(4,9-20)10-5-6-10/h7-8,10,20H,5-6,9H2,1-4H3,(H2,18,19,21)/t15-/m0/s1. The summed E-state index contributed by atoms with van der Waals surface area (Å²) in [5.41, 5.74) is -0.144. The first-order chi connectivity index (χ1) is 9.74. The largest absolute Gasteiger partial charge is 0.394 e. The molecule has 116 valence electrons. The predicted molar refractivity (Wildman–Crippen MR) is 81.1 cm³/mol. The highest BCUT2D eigenvalue weighted by Crippen LogP contribution is 2.39. The van der Waals surface area contributed by atoms with E-state index in [4.69, 9.17) is 0 Å². The molecule has 0 spiro atoms. The summed E-state index contributed by atoms with van der Waals surface area (Å²) in [6.07, 6.45) is 5.28. The molecule has 6 nitrogen and oxygen atoms in total. The number of nitrogens with zero attached hydrogens (tertiary/aromatic N) is 2. The average molecular weight is 292 g/mol. The maximum atomic E-state index is 12.0. The predicted octanol–water partition coefficient (Wildman–Crippen LogP) is 2.06. The molecule has 21 heavy (non-hydrogen) atoms. The Morgan fingerprint density at radius 3 is 2.29 bits per heavy atom. The normalized spacial score (nSPS) is 18.0. The second-order valence-electron chi connectivity index (χ2n) is 6.97. The van der Waals surface area contributed by atoms with Crippen molar-refractivity contribution in [1.29, 1.82) is 0 Å². The van der Waals surface area contributed by atoms with Crippen LogP contribution in [0.25, 0.3) is 0 Å². The van der Waals surface area contributed by atoms with Crippen LogP contribution in [0, 0.1) is 5.92 Å². The van der Waals surface area contributed by atoms with Crippen LogP contribution in [0.4, 0.5) is 10.5 Å². The fourth-order valence-electron chi connectivity index (χ4n) is 2.19. The maximum absolute atomic E-state index is 12.0. The van der Waals surface area contributed by atoms with Gasteiger partial charge in [-0.3, -0.25) is 0 Å². The highest BCUT2D eigenvalue weighted by molar-refractivity contribution is 5.89. The molecule has 0 saturated heterocycles. The van der Waals surface area contributed by atoms with Gasteiger partial charge in [-0.25, -0.2) is 14.8 Å². The SMILES string of the molecule is CC(C)(C)c1ncc(NC(=O)N[C@@](C)(CO)C2CC2)cn1. The van der Waals surface area contributed by atoms with Gasteiger partial charge in [0.05, 0.1) is 30.2 Å². The lowest BCUT2D eigenvalue weighted by Crippen LogP contribution is -2.52. The molecule has 3 N–H and O–H groups in total. The van der Waals surface area contributed by atoms with Crippen molar-refractivity contribution in [3.8, 4) is 0 Å². The van der Waals surface area contributed by atoms with Gasteiger partial charge in [0, 0.05) is 5.41 Å². The second kappa shape index (κ2) is 5.60. The quantitative estimate of drug-likeness (QED) is 0.792. The summed E-state index contributed by atoms with van der Waals surface area (Å²) in [6, 6.07) is -0.342. The smallest absolute Gasteiger partial charge is 0.319 e. The molecule has 1 aliphatic carbocycles. The maximum Gasteiger partial charge on any atom is 0.319 e. The third-order valence-electron chi connectivity index (χ3n) is 3.79. The van der Waals surface area contributed by atoms with Crippen LogP contribution in [0.3, 0.4) is 0 Å². The lowest BCUT2D eigenvalue weighted by atomic mass is 9.96. The summed E-state index contributed by atoms with van der Waals surface area (Å²) >= 11 is 0. The molecule has 2 amide bonds. The molecule has 0 aliphatic heterocycles. The molecule has 1 aromatic rings. The van der Waals surface area contributed by atoms with Gasteiger partial charge >= 0.3 is 6.03 Å². The van der Waals surface area contributed by atoms with Gasteiger partial charge in [0.1, 0.15) is 5.82 Å². The van der Waals surface area contributed by atoms with E-state index in [9.17, 15) is 9.90 Å². The van der Waals surface area contributed by atoms with E-state index in [0.29, 0.717) is 11.6 Å². The Hall–Kier alpha value is -1.69. The zero-order chi connectivity index (χ0) is 15.7. The van der Waals surface area contributed by atoms with Gasteiger partial charge in [-0.05, 0) is 25.7 Å². The van der Waals surface area contributed by atoms with Crippen molar-refractivity contribution < 1.29 is 9.90 Å². The zero-order valence-electron chi connectivity index (χ0n) is 13.1. The van der Waals surface area contributed by atoms with Crippen LogP contribution in [0.15, 0.2) is 12.4 Å². The minimum absolute atomic E-state index is 0.0649. The molecule has 1 heterocycles. The number of aliphatic hydroxyl groups is 1. The third-order valence-corrected chi connectivity index (χ3v) is 3.79. The Labute approximate surface area is 125 Å². The monoisotopic (exact) mass is 292 g/mol. The number of carbonyl (C=O) groups excluding carboxylic acids is 1. The van der Waals surface area contributed by atoms with Crippen LogP contribution < -0.4 is 10.6 Å². The highest BCUT2D eigenvalue weighted by atomic mass is 16.3. The fraction of sp³-hybridized carbons (Fsp3) is 0.667. The molecule has 2 rings (SSSR count). The molecule has 0 bridgehead atoms. The van der Waals surface area contributed by atoms with Gasteiger partial charge in [-0.2, -0.15) is 0 Å². The summed E-state index contributed by atoms with van der Waals surface area (Å²) in [5, 5.41) is 15.0. The van der Waals surface area contributed by atoms with Gasteiger partial charge in [0.2, 0.25) is 0 Å². The van der Waals surface area contributed by atoms with Crippen LogP contribution in [0.2, 0.25) is 0 Å². The van der Waals surface area contributed by atoms with Crippen LogP contribution in [-0.2, 0) is 5.41 Å². The Bertz CT molecular complexity index is 505. The number of hydrogen-bond donors (Lipinski definition) is 3. The minimum Gasteiger partial charge on any atom is -0.394 e. The van der Waals surface area contributed by atoms with Crippen molar-refractivity contribution in [1.82, 2.24) is 15.3 Å². The van der Waals surface area contributed by atoms with E-state index in [1.165, 1.54) is 0 Å². The zero-order valence-corrected chi connectivity index (χ0v) is 13.1. The summed E-state index contributed by atoms with van der Waals surface area (Å²) in [5.74, 6) is 1.08. The van der Waals surface area contributed by atoms with Crippen LogP contribution >= 0.6 is 0 Å². The van der Waals surface area contributed by atoms with Crippen molar-refractivity contribution in [2.45, 2.75) is 51.5 Å². The number of anilines is 1. The van der Waals surface area contributed by atoms with Crippen molar-refractivity contribution in [2.24, 2.45) is 5.92 Å². The van der Waals surface area contributed by atoms with Gasteiger partial charge < -0.3 is 15.7 Å². The van der Waals surface area contributed by atoms with Crippen LogP contribution in [0.5, 0.6) is 0 Å². The molecule has 6 heteroatoms. The molecule has 1 saturated carbocycles. The average Bonchev–Trinajstić information content (AvgIpc) is 3.22. The number of urea groups is 1. The topological polar surface area (TPSA) is 87.1 Å². The summed E-state index contributed by atoms with van der Waals surface area (Å²) in [4.78, 5) is 20.5. The first-order valence-corrected chi connectivity index (χ1v) is 7.27. The van der Waals surface area contributed by atoms with E-state index >= 15 is 0 Å². The summed E-state index contributed by atoms with van der Waals surface area (Å²) in [6.45, 7) is 7.90. The summed E-state index contributed by atoms with van der Waals surface area (Å²) < 4.78 is 0. The lowest BCUT2D eigenvalue weighted by molar-refractivity contribution is 0.159. The first-order valence-electron chi connectivity index (χ1n) is 7.27. The van der Waals surface area contributed by atoms with Crippen molar-refractivity contribution >= 4 is 11.7 Å². The van der Waals surface area contributed by atoms with E-state index in [-0.39, 0.29) is 18.1 Å². The number of hydrogen-bond acceptors (Lipinski definition) is 4. The minimum atomic E-state index is -0.559. The number of carbonyl (C=O) groups is 1. The Morgan fingerprint density at radius 2 is 1.86 bits per heavy atom. The summed E-state index contributed by atoms with van der Waals surface area (Å²) in [7, 11) is 0.